The summed E-state index contributed by atoms with van der Waals surface area (Å²) in [7, 11) is 0. The molecule has 0 aromatic carbocycles. The largest absolute Gasteiger partial charge is 0.378 e. The minimum atomic E-state index is -0.410. The molecule has 2 aromatic rings. The number of H-pyrrole nitrogens is 1. The van der Waals surface area contributed by atoms with Gasteiger partial charge >= 0.3 is 0 Å². The lowest BCUT2D eigenvalue weighted by atomic mass is 10.2. The summed E-state index contributed by atoms with van der Waals surface area (Å²) in [4.78, 5) is 10.2. The minimum Gasteiger partial charge on any atom is -0.378 e. The Kier molecular flexibility index (Phi) is 3.12. The van der Waals surface area contributed by atoms with Crippen molar-refractivity contribution < 1.29 is 9.13 Å². The number of aromatic nitrogens is 4. The molecule has 1 fully saturated rings. The van der Waals surface area contributed by atoms with Crippen molar-refractivity contribution in [3.05, 3.63) is 23.9 Å². The van der Waals surface area contributed by atoms with E-state index in [0.717, 1.165) is 11.3 Å². The van der Waals surface area contributed by atoms with Gasteiger partial charge in [0.1, 0.15) is 0 Å². The summed E-state index contributed by atoms with van der Waals surface area (Å²) in [6.07, 6.45) is 2.85. The highest BCUT2D eigenvalue weighted by Gasteiger charge is 2.19. The highest BCUT2D eigenvalue weighted by molar-refractivity contribution is 5.59. The van der Waals surface area contributed by atoms with Crippen LogP contribution < -0.4 is 4.90 Å². The SMILES string of the molecule is Cc1[nH]ncc1-c1ncc(F)c(N2CCOCC2)n1. The van der Waals surface area contributed by atoms with Crippen LogP contribution in [0, 0.1) is 12.7 Å². The molecule has 1 saturated heterocycles. The Hall–Kier alpha value is -2.02. The molecule has 0 aliphatic carbocycles. The third-order valence-corrected chi connectivity index (χ3v) is 3.11. The van der Waals surface area contributed by atoms with Crippen molar-refractivity contribution in [1.82, 2.24) is 20.2 Å². The maximum absolute atomic E-state index is 13.9. The summed E-state index contributed by atoms with van der Waals surface area (Å²) in [5, 5.41) is 6.75. The van der Waals surface area contributed by atoms with Crippen LogP contribution in [0.15, 0.2) is 12.4 Å². The van der Waals surface area contributed by atoms with E-state index < -0.39 is 5.82 Å². The fraction of sp³-hybridized carbons (Fsp3) is 0.417. The number of aromatic amines is 1. The molecule has 19 heavy (non-hydrogen) atoms. The van der Waals surface area contributed by atoms with Crippen molar-refractivity contribution in [3.8, 4) is 11.4 Å². The standard InChI is InChI=1S/C12H14FN5O/c1-8-9(6-15-17-8)11-14-7-10(13)12(16-11)18-2-4-19-5-3-18/h6-7H,2-5H2,1H3,(H,15,17). The number of aryl methyl sites for hydroxylation is 1. The first-order chi connectivity index (χ1) is 9.25. The second-order valence-electron chi connectivity index (χ2n) is 4.37. The summed E-state index contributed by atoms with van der Waals surface area (Å²) in [5.41, 5.74) is 1.65. The molecule has 0 amide bonds. The highest BCUT2D eigenvalue weighted by Crippen LogP contribution is 2.23. The average molecular weight is 263 g/mol. The predicted molar refractivity (Wildman–Crippen MR) is 67.3 cm³/mol. The fourth-order valence-corrected chi connectivity index (χ4v) is 2.06. The lowest BCUT2D eigenvalue weighted by molar-refractivity contribution is 0.122. The molecule has 1 aliphatic rings. The Morgan fingerprint density at radius 1 is 1.32 bits per heavy atom. The first-order valence-electron chi connectivity index (χ1n) is 6.11. The Morgan fingerprint density at radius 2 is 2.11 bits per heavy atom. The van der Waals surface area contributed by atoms with Gasteiger partial charge < -0.3 is 9.64 Å². The van der Waals surface area contributed by atoms with Crippen molar-refractivity contribution in [2.45, 2.75) is 6.92 Å². The smallest absolute Gasteiger partial charge is 0.183 e. The van der Waals surface area contributed by atoms with Crippen molar-refractivity contribution in [2.75, 3.05) is 31.2 Å². The van der Waals surface area contributed by atoms with Gasteiger partial charge in [-0.1, -0.05) is 0 Å². The summed E-state index contributed by atoms with van der Waals surface area (Å²) < 4.78 is 19.1. The molecule has 0 unspecified atom stereocenters. The Morgan fingerprint density at radius 3 is 2.79 bits per heavy atom. The van der Waals surface area contributed by atoms with Crippen LogP contribution in [-0.4, -0.2) is 46.5 Å². The quantitative estimate of drug-likeness (QED) is 0.880. The van der Waals surface area contributed by atoms with Gasteiger partial charge in [-0.15, -0.1) is 0 Å². The van der Waals surface area contributed by atoms with Crippen LogP contribution in [0.2, 0.25) is 0 Å². The second-order valence-corrected chi connectivity index (χ2v) is 4.37. The molecule has 0 radical (unpaired) electrons. The van der Waals surface area contributed by atoms with Crippen LogP contribution in [0.5, 0.6) is 0 Å². The van der Waals surface area contributed by atoms with Crippen molar-refractivity contribution in [2.24, 2.45) is 0 Å². The lowest BCUT2D eigenvalue weighted by Crippen LogP contribution is -2.37. The Labute approximate surface area is 109 Å². The average Bonchev–Trinajstić information content (AvgIpc) is 2.87. The highest BCUT2D eigenvalue weighted by atomic mass is 19.1. The van der Waals surface area contributed by atoms with E-state index in [0.29, 0.717) is 37.9 Å². The molecule has 1 aliphatic heterocycles. The second kappa shape index (κ2) is 4.93. The third-order valence-electron chi connectivity index (χ3n) is 3.11. The number of ether oxygens (including phenoxy) is 1. The maximum Gasteiger partial charge on any atom is 0.183 e. The number of morpholine rings is 1. The molecule has 3 rings (SSSR count). The van der Waals surface area contributed by atoms with Gasteiger partial charge in [-0.2, -0.15) is 5.10 Å². The van der Waals surface area contributed by atoms with Crippen LogP contribution in [-0.2, 0) is 4.74 Å². The summed E-state index contributed by atoms with van der Waals surface area (Å²) in [5.74, 6) is 0.398. The molecular weight excluding hydrogens is 249 g/mol. The summed E-state index contributed by atoms with van der Waals surface area (Å²) in [6.45, 7) is 4.33. The molecule has 0 atom stereocenters. The van der Waals surface area contributed by atoms with Gasteiger partial charge in [0.15, 0.2) is 17.5 Å². The molecule has 1 N–H and O–H groups in total. The number of hydrogen-bond acceptors (Lipinski definition) is 5. The normalized spacial score (nSPS) is 15.8. The molecule has 2 aromatic heterocycles. The van der Waals surface area contributed by atoms with E-state index in [4.69, 9.17) is 4.74 Å². The van der Waals surface area contributed by atoms with E-state index in [9.17, 15) is 4.39 Å². The van der Waals surface area contributed by atoms with Crippen LogP contribution in [0.1, 0.15) is 5.69 Å². The zero-order valence-electron chi connectivity index (χ0n) is 10.6. The van der Waals surface area contributed by atoms with Gasteiger partial charge in [0, 0.05) is 18.8 Å². The van der Waals surface area contributed by atoms with Crippen LogP contribution in [0.3, 0.4) is 0 Å². The molecule has 0 bridgehead atoms. The van der Waals surface area contributed by atoms with Gasteiger partial charge in [-0.3, -0.25) is 5.10 Å². The number of halogens is 1. The molecule has 0 saturated carbocycles. The van der Waals surface area contributed by atoms with Gasteiger partial charge in [-0.05, 0) is 6.92 Å². The van der Waals surface area contributed by atoms with E-state index in [-0.39, 0.29) is 0 Å². The van der Waals surface area contributed by atoms with Crippen molar-refractivity contribution >= 4 is 5.82 Å². The van der Waals surface area contributed by atoms with E-state index in [1.807, 2.05) is 11.8 Å². The molecular formula is C12H14FN5O. The fourth-order valence-electron chi connectivity index (χ4n) is 2.06. The Bertz CT molecular complexity index is 579. The van der Waals surface area contributed by atoms with Gasteiger partial charge in [-0.25, -0.2) is 14.4 Å². The number of nitrogens with zero attached hydrogens (tertiary/aromatic N) is 4. The third kappa shape index (κ3) is 2.28. The topological polar surface area (TPSA) is 66.9 Å². The van der Waals surface area contributed by atoms with Crippen LogP contribution in [0.4, 0.5) is 10.2 Å². The van der Waals surface area contributed by atoms with Crippen LogP contribution >= 0.6 is 0 Å². The van der Waals surface area contributed by atoms with E-state index in [1.165, 1.54) is 6.20 Å². The monoisotopic (exact) mass is 263 g/mol. The van der Waals surface area contributed by atoms with Gasteiger partial charge in [0.25, 0.3) is 0 Å². The van der Waals surface area contributed by atoms with Crippen LogP contribution in [0.25, 0.3) is 11.4 Å². The van der Waals surface area contributed by atoms with Crippen molar-refractivity contribution in [3.63, 3.8) is 0 Å². The molecule has 7 heteroatoms. The zero-order chi connectivity index (χ0) is 13.2. The van der Waals surface area contributed by atoms with E-state index in [1.54, 1.807) is 6.20 Å². The molecule has 0 spiro atoms. The zero-order valence-corrected chi connectivity index (χ0v) is 10.6. The number of hydrogen-bond donors (Lipinski definition) is 1. The molecule has 6 nitrogen and oxygen atoms in total. The summed E-state index contributed by atoms with van der Waals surface area (Å²) in [6, 6.07) is 0. The predicted octanol–water partition coefficient (Wildman–Crippen LogP) is 1.15. The number of rotatable bonds is 2. The summed E-state index contributed by atoms with van der Waals surface area (Å²) >= 11 is 0. The maximum atomic E-state index is 13.9. The lowest BCUT2D eigenvalue weighted by Gasteiger charge is -2.28. The number of anilines is 1. The molecule has 3 heterocycles. The van der Waals surface area contributed by atoms with Gasteiger partial charge in [0.2, 0.25) is 0 Å². The molecule has 100 valence electrons. The van der Waals surface area contributed by atoms with Crippen molar-refractivity contribution in [1.29, 1.82) is 0 Å². The number of nitrogens with one attached hydrogen (secondary N) is 1. The van der Waals surface area contributed by atoms with E-state index in [2.05, 4.69) is 20.2 Å². The van der Waals surface area contributed by atoms with E-state index >= 15 is 0 Å². The first-order valence-corrected chi connectivity index (χ1v) is 6.11. The minimum absolute atomic E-state index is 0.328. The Balaban J connectivity index is 1.98. The first kappa shape index (κ1) is 12.0. The van der Waals surface area contributed by atoms with Gasteiger partial charge in [0.05, 0.1) is 31.2 Å².